The number of carboxylic acid groups (broad SMARTS) is 1. The Labute approximate surface area is 105 Å². The van der Waals surface area contributed by atoms with Gasteiger partial charge in [-0.2, -0.15) is 0 Å². The van der Waals surface area contributed by atoms with E-state index in [9.17, 15) is 4.79 Å². The van der Waals surface area contributed by atoms with Crippen LogP contribution in [0, 0.1) is 0 Å². The topological polar surface area (TPSA) is 43.8 Å². The molecule has 1 aliphatic heterocycles. The van der Waals surface area contributed by atoms with Crippen molar-refractivity contribution in [2.24, 2.45) is 0 Å². The highest BCUT2D eigenvalue weighted by Crippen LogP contribution is 2.25. The summed E-state index contributed by atoms with van der Waals surface area (Å²) >= 11 is 0. The number of aliphatic carboxylic acids is 1. The largest absolute Gasteiger partial charge is 0.481 e. The van der Waals surface area contributed by atoms with Crippen LogP contribution in [-0.4, -0.2) is 59.1 Å². The smallest absolute Gasteiger partial charge is 0.303 e. The fourth-order valence-electron chi connectivity index (χ4n) is 2.75. The normalized spacial score (nSPS) is 26.0. The molecule has 0 saturated carbocycles. The minimum absolute atomic E-state index is 0.199. The van der Waals surface area contributed by atoms with Crippen LogP contribution in [0.4, 0.5) is 0 Å². The third-order valence-electron chi connectivity index (χ3n) is 3.73. The van der Waals surface area contributed by atoms with E-state index in [0.29, 0.717) is 6.04 Å². The predicted octanol–water partition coefficient (Wildman–Crippen LogP) is 1.66. The predicted molar refractivity (Wildman–Crippen MR) is 69.2 cm³/mol. The van der Waals surface area contributed by atoms with Crippen molar-refractivity contribution in [1.29, 1.82) is 0 Å². The molecule has 0 spiro atoms. The highest BCUT2D eigenvalue weighted by atomic mass is 16.4. The Morgan fingerprint density at radius 2 is 2.12 bits per heavy atom. The van der Waals surface area contributed by atoms with Crippen LogP contribution in [-0.2, 0) is 4.79 Å². The average Bonchev–Trinajstić information content (AvgIpc) is 2.19. The van der Waals surface area contributed by atoms with Crippen LogP contribution < -0.4 is 0 Å². The van der Waals surface area contributed by atoms with Crippen molar-refractivity contribution in [2.45, 2.75) is 51.6 Å². The van der Waals surface area contributed by atoms with E-state index in [0.717, 1.165) is 32.5 Å². The molecule has 1 heterocycles. The maximum atomic E-state index is 10.7. The Morgan fingerprint density at radius 1 is 1.47 bits per heavy atom. The van der Waals surface area contributed by atoms with Gasteiger partial charge in [0.25, 0.3) is 0 Å². The molecule has 1 atom stereocenters. The summed E-state index contributed by atoms with van der Waals surface area (Å²) in [7, 11) is 2.11. The average molecular weight is 242 g/mol. The zero-order valence-corrected chi connectivity index (χ0v) is 11.6. The van der Waals surface area contributed by atoms with Crippen molar-refractivity contribution in [3.8, 4) is 0 Å². The van der Waals surface area contributed by atoms with Crippen LogP contribution in [0.5, 0.6) is 0 Å². The van der Waals surface area contributed by atoms with E-state index in [1.807, 2.05) is 0 Å². The molecule has 1 N–H and O–H groups in total. The first kappa shape index (κ1) is 14.5. The Hall–Kier alpha value is -0.610. The number of nitrogens with zero attached hydrogens (tertiary/aromatic N) is 2. The monoisotopic (exact) mass is 242 g/mol. The van der Waals surface area contributed by atoms with Gasteiger partial charge < -0.3 is 10.0 Å². The Bertz CT molecular complexity index is 266. The van der Waals surface area contributed by atoms with E-state index in [1.165, 1.54) is 0 Å². The SMILES string of the molecule is CCCN1CC(CCC(=O)O)N(C)CC1(C)C. The van der Waals surface area contributed by atoms with E-state index in [1.54, 1.807) is 0 Å². The molecule has 1 unspecified atom stereocenters. The van der Waals surface area contributed by atoms with Gasteiger partial charge in [-0.25, -0.2) is 0 Å². The van der Waals surface area contributed by atoms with E-state index in [4.69, 9.17) is 5.11 Å². The first-order valence-corrected chi connectivity index (χ1v) is 6.54. The molecule has 0 radical (unpaired) electrons. The van der Waals surface area contributed by atoms with Gasteiger partial charge in [-0.3, -0.25) is 9.69 Å². The maximum absolute atomic E-state index is 10.7. The molecule has 17 heavy (non-hydrogen) atoms. The van der Waals surface area contributed by atoms with E-state index >= 15 is 0 Å². The van der Waals surface area contributed by atoms with Crippen LogP contribution in [0.1, 0.15) is 40.0 Å². The number of hydrogen-bond acceptors (Lipinski definition) is 3. The van der Waals surface area contributed by atoms with Crippen LogP contribution in [0.25, 0.3) is 0 Å². The van der Waals surface area contributed by atoms with Crippen molar-refractivity contribution >= 4 is 5.97 Å². The van der Waals surface area contributed by atoms with Crippen molar-refractivity contribution in [3.05, 3.63) is 0 Å². The Morgan fingerprint density at radius 3 is 2.65 bits per heavy atom. The van der Waals surface area contributed by atoms with Crippen molar-refractivity contribution < 1.29 is 9.90 Å². The molecule has 4 nitrogen and oxygen atoms in total. The minimum atomic E-state index is -0.690. The lowest BCUT2D eigenvalue weighted by molar-refractivity contribution is -0.137. The summed E-state index contributed by atoms with van der Waals surface area (Å²) in [6, 6.07) is 0.380. The van der Waals surface area contributed by atoms with Gasteiger partial charge in [0.15, 0.2) is 0 Å². The van der Waals surface area contributed by atoms with E-state index in [2.05, 4.69) is 37.6 Å². The molecular formula is C13H26N2O2. The summed E-state index contributed by atoms with van der Waals surface area (Å²) in [5, 5.41) is 8.77. The summed E-state index contributed by atoms with van der Waals surface area (Å²) < 4.78 is 0. The van der Waals surface area contributed by atoms with Gasteiger partial charge in [-0.05, 0) is 40.3 Å². The highest BCUT2D eigenvalue weighted by Gasteiger charge is 2.36. The lowest BCUT2D eigenvalue weighted by atomic mass is 9.94. The van der Waals surface area contributed by atoms with Crippen LogP contribution in [0.15, 0.2) is 0 Å². The number of carbonyl (C=O) groups is 1. The van der Waals surface area contributed by atoms with Gasteiger partial charge in [-0.1, -0.05) is 6.92 Å². The minimum Gasteiger partial charge on any atom is -0.481 e. The highest BCUT2D eigenvalue weighted by molar-refractivity contribution is 5.66. The van der Waals surface area contributed by atoms with Gasteiger partial charge in [0.2, 0.25) is 0 Å². The summed E-state index contributed by atoms with van der Waals surface area (Å²) in [5.41, 5.74) is 0.199. The molecule has 1 fully saturated rings. The molecule has 0 aromatic rings. The summed E-state index contributed by atoms with van der Waals surface area (Å²) in [6.45, 7) is 9.84. The number of likely N-dealkylation sites (N-methyl/N-ethyl adjacent to an activating group) is 1. The molecule has 4 heteroatoms. The van der Waals surface area contributed by atoms with E-state index < -0.39 is 5.97 Å². The second kappa shape index (κ2) is 5.83. The van der Waals surface area contributed by atoms with Crippen LogP contribution >= 0.6 is 0 Å². The lowest BCUT2D eigenvalue weighted by Gasteiger charge is -2.50. The van der Waals surface area contributed by atoms with Gasteiger partial charge in [0.1, 0.15) is 0 Å². The van der Waals surface area contributed by atoms with Crippen molar-refractivity contribution in [2.75, 3.05) is 26.7 Å². The number of carboxylic acids is 1. The van der Waals surface area contributed by atoms with Gasteiger partial charge in [0, 0.05) is 31.1 Å². The standard InChI is InChI=1S/C13H26N2O2/c1-5-8-15-9-11(6-7-12(16)17)14(4)10-13(15,2)3/h11H,5-10H2,1-4H3,(H,16,17). The number of hydrogen-bond donors (Lipinski definition) is 1. The second-order valence-electron chi connectivity index (χ2n) is 5.76. The molecule has 0 amide bonds. The molecule has 0 aliphatic carbocycles. The van der Waals surface area contributed by atoms with Crippen molar-refractivity contribution in [3.63, 3.8) is 0 Å². The van der Waals surface area contributed by atoms with Crippen LogP contribution in [0.2, 0.25) is 0 Å². The molecule has 1 aliphatic rings. The van der Waals surface area contributed by atoms with Gasteiger partial charge >= 0.3 is 5.97 Å². The molecule has 1 rings (SSSR count). The quantitative estimate of drug-likeness (QED) is 0.796. The molecule has 0 aromatic heterocycles. The first-order chi connectivity index (χ1) is 7.86. The third-order valence-corrected chi connectivity index (χ3v) is 3.73. The Kier molecular flexibility index (Phi) is 4.95. The Balaban J connectivity index is 2.59. The third kappa shape index (κ3) is 3.96. The fourth-order valence-corrected chi connectivity index (χ4v) is 2.75. The molecule has 0 bridgehead atoms. The summed E-state index contributed by atoms with van der Waals surface area (Å²) in [6.07, 6.45) is 2.18. The van der Waals surface area contributed by atoms with E-state index in [-0.39, 0.29) is 12.0 Å². The van der Waals surface area contributed by atoms with Gasteiger partial charge in [0.05, 0.1) is 0 Å². The van der Waals surface area contributed by atoms with Crippen LogP contribution in [0.3, 0.4) is 0 Å². The molecule has 0 aromatic carbocycles. The van der Waals surface area contributed by atoms with Gasteiger partial charge in [-0.15, -0.1) is 0 Å². The lowest BCUT2D eigenvalue weighted by Crippen LogP contribution is -2.62. The number of piperazine rings is 1. The molecule has 100 valence electrons. The fraction of sp³-hybridized carbons (Fsp3) is 0.923. The van der Waals surface area contributed by atoms with Crippen molar-refractivity contribution in [1.82, 2.24) is 9.80 Å². The maximum Gasteiger partial charge on any atom is 0.303 e. The number of rotatable bonds is 5. The second-order valence-corrected chi connectivity index (χ2v) is 5.76. The first-order valence-electron chi connectivity index (χ1n) is 6.54. The summed E-state index contributed by atoms with van der Waals surface area (Å²) in [5.74, 6) is -0.690. The zero-order valence-electron chi connectivity index (χ0n) is 11.6. The molecule has 1 saturated heterocycles. The zero-order chi connectivity index (χ0) is 13.1. The molecular weight excluding hydrogens is 216 g/mol. The summed E-state index contributed by atoms with van der Waals surface area (Å²) in [4.78, 5) is 15.5.